The monoisotopic (exact) mass is 293 g/mol. The molecule has 0 spiro atoms. The Kier molecular flexibility index (Phi) is 6.21. The fourth-order valence-electron chi connectivity index (χ4n) is 1.54. The van der Waals surface area contributed by atoms with Gasteiger partial charge < -0.3 is 9.47 Å². The van der Waals surface area contributed by atoms with Crippen LogP contribution < -0.4 is 5.32 Å². The van der Waals surface area contributed by atoms with Crippen molar-refractivity contribution in [2.45, 2.75) is 46.1 Å². The molecule has 1 N–H and O–H groups in total. The fraction of sp³-hybridized carbons (Fsp3) is 0.500. The molecule has 0 aliphatic heterocycles. The second kappa shape index (κ2) is 7.67. The van der Waals surface area contributed by atoms with Crippen LogP contribution in [0.15, 0.2) is 24.3 Å². The lowest BCUT2D eigenvalue weighted by Crippen LogP contribution is -2.27. The Labute approximate surface area is 125 Å². The van der Waals surface area contributed by atoms with Gasteiger partial charge in [-0.05, 0) is 45.4 Å². The molecule has 0 fully saturated rings. The Morgan fingerprint density at radius 2 is 1.95 bits per heavy atom. The molecule has 0 aliphatic rings. The minimum atomic E-state index is -0.569. The number of anilines is 1. The molecule has 0 aromatic heterocycles. The summed E-state index contributed by atoms with van der Waals surface area (Å²) >= 11 is 0. The minimum Gasteiger partial charge on any atom is -0.462 e. The number of carbonyl (C=O) groups excluding carboxylic acids is 2. The van der Waals surface area contributed by atoms with Crippen molar-refractivity contribution in [3.8, 4) is 0 Å². The predicted molar refractivity (Wildman–Crippen MR) is 81.5 cm³/mol. The molecule has 1 aromatic rings. The van der Waals surface area contributed by atoms with Gasteiger partial charge in [0.1, 0.15) is 5.60 Å². The van der Waals surface area contributed by atoms with E-state index >= 15 is 0 Å². The number of nitrogens with one attached hydrogen (secondary N) is 1. The van der Waals surface area contributed by atoms with Gasteiger partial charge in [-0.3, -0.25) is 5.32 Å². The summed E-state index contributed by atoms with van der Waals surface area (Å²) in [6.07, 6.45) is 1.24. The Morgan fingerprint density at radius 1 is 1.24 bits per heavy atom. The SMILES string of the molecule is CCCCOC(=O)c1cccc(NC(=O)OC(C)(C)C)c1. The normalized spacial score (nSPS) is 10.9. The topological polar surface area (TPSA) is 64.6 Å². The third kappa shape index (κ3) is 6.79. The van der Waals surface area contributed by atoms with E-state index in [0.717, 1.165) is 12.8 Å². The van der Waals surface area contributed by atoms with Gasteiger partial charge in [0.2, 0.25) is 0 Å². The maximum absolute atomic E-state index is 11.8. The first kappa shape index (κ1) is 17.0. The number of amides is 1. The number of unbranched alkanes of at least 4 members (excludes halogenated alkanes) is 1. The zero-order valence-electron chi connectivity index (χ0n) is 13.1. The van der Waals surface area contributed by atoms with Crippen molar-refractivity contribution < 1.29 is 19.1 Å². The van der Waals surface area contributed by atoms with Crippen molar-refractivity contribution in [2.24, 2.45) is 0 Å². The molecule has 5 nitrogen and oxygen atoms in total. The lowest BCUT2D eigenvalue weighted by atomic mass is 10.2. The summed E-state index contributed by atoms with van der Waals surface area (Å²) in [5.74, 6) is -0.392. The summed E-state index contributed by atoms with van der Waals surface area (Å²) in [4.78, 5) is 23.5. The molecule has 1 amide bonds. The maximum Gasteiger partial charge on any atom is 0.412 e. The minimum absolute atomic E-state index is 0.392. The van der Waals surface area contributed by atoms with E-state index in [1.807, 2.05) is 6.92 Å². The van der Waals surface area contributed by atoms with E-state index in [-0.39, 0.29) is 0 Å². The van der Waals surface area contributed by atoms with Crippen molar-refractivity contribution in [3.63, 3.8) is 0 Å². The Balaban J connectivity index is 2.63. The van der Waals surface area contributed by atoms with Crippen LogP contribution in [0, 0.1) is 0 Å². The van der Waals surface area contributed by atoms with Gasteiger partial charge in [-0.1, -0.05) is 19.4 Å². The van der Waals surface area contributed by atoms with E-state index in [2.05, 4.69) is 5.32 Å². The molecular weight excluding hydrogens is 270 g/mol. The highest BCUT2D eigenvalue weighted by Crippen LogP contribution is 2.14. The smallest absolute Gasteiger partial charge is 0.412 e. The number of benzene rings is 1. The molecule has 0 atom stereocenters. The third-order valence-corrected chi connectivity index (χ3v) is 2.47. The highest BCUT2D eigenvalue weighted by molar-refractivity contribution is 5.92. The first-order valence-electron chi connectivity index (χ1n) is 7.09. The third-order valence-electron chi connectivity index (χ3n) is 2.47. The first-order valence-corrected chi connectivity index (χ1v) is 7.09. The van der Waals surface area contributed by atoms with Crippen molar-refractivity contribution in [2.75, 3.05) is 11.9 Å². The van der Waals surface area contributed by atoms with Crippen LogP contribution in [0.4, 0.5) is 10.5 Å². The van der Waals surface area contributed by atoms with Gasteiger partial charge in [0, 0.05) is 5.69 Å². The second-order valence-corrected chi connectivity index (χ2v) is 5.70. The van der Waals surface area contributed by atoms with Gasteiger partial charge >= 0.3 is 12.1 Å². The van der Waals surface area contributed by atoms with Crippen LogP contribution in [-0.4, -0.2) is 24.3 Å². The molecule has 0 bridgehead atoms. The molecule has 1 rings (SSSR count). The van der Waals surface area contributed by atoms with Crippen molar-refractivity contribution in [3.05, 3.63) is 29.8 Å². The summed E-state index contributed by atoms with van der Waals surface area (Å²) in [5, 5.41) is 2.59. The predicted octanol–water partition coefficient (Wildman–Crippen LogP) is 3.99. The first-order chi connectivity index (χ1) is 9.81. The summed E-state index contributed by atoms with van der Waals surface area (Å²) in [6.45, 7) is 7.79. The van der Waals surface area contributed by atoms with Gasteiger partial charge in [-0.15, -0.1) is 0 Å². The number of hydrogen-bond acceptors (Lipinski definition) is 4. The number of esters is 1. The van der Waals surface area contributed by atoms with Crippen LogP contribution in [0.3, 0.4) is 0 Å². The maximum atomic E-state index is 11.8. The van der Waals surface area contributed by atoms with E-state index in [0.29, 0.717) is 17.9 Å². The Hall–Kier alpha value is -2.04. The Bertz CT molecular complexity index is 491. The van der Waals surface area contributed by atoms with Crippen molar-refractivity contribution in [1.29, 1.82) is 0 Å². The highest BCUT2D eigenvalue weighted by Gasteiger charge is 2.16. The lowest BCUT2D eigenvalue weighted by molar-refractivity contribution is 0.0498. The molecule has 0 unspecified atom stereocenters. The molecule has 0 saturated carbocycles. The van der Waals surface area contributed by atoms with E-state index in [1.165, 1.54) is 0 Å². The summed E-state index contributed by atoms with van der Waals surface area (Å²) < 4.78 is 10.3. The quantitative estimate of drug-likeness (QED) is 0.658. The summed E-state index contributed by atoms with van der Waals surface area (Å²) in [7, 11) is 0. The van der Waals surface area contributed by atoms with E-state index < -0.39 is 17.7 Å². The molecule has 5 heteroatoms. The van der Waals surface area contributed by atoms with E-state index in [4.69, 9.17) is 9.47 Å². The van der Waals surface area contributed by atoms with Gasteiger partial charge in [0.05, 0.1) is 12.2 Å². The van der Waals surface area contributed by atoms with Gasteiger partial charge in [0.15, 0.2) is 0 Å². The van der Waals surface area contributed by atoms with Crippen LogP contribution in [0.2, 0.25) is 0 Å². The standard InChI is InChI=1S/C16H23NO4/c1-5-6-10-20-14(18)12-8-7-9-13(11-12)17-15(19)21-16(2,3)4/h7-9,11H,5-6,10H2,1-4H3,(H,17,19). The zero-order valence-corrected chi connectivity index (χ0v) is 13.1. The van der Waals surface area contributed by atoms with Gasteiger partial charge in [0.25, 0.3) is 0 Å². The number of hydrogen-bond donors (Lipinski definition) is 1. The van der Waals surface area contributed by atoms with Crippen LogP contribution in [-0.2, 0) is 9.47 Å². The molecule has 1 aromatic carbocycles. The highest BCUT2D eigenvalue weighted by atomic mass is 16.6. The van der Waals surface area contributed by atoms with Crippen LogP contribution >= 0.6 is 0 Å². The average Bonchev–Trinajstić information content (AvgIpc) is 2.36. The van der Waals surface area contributed by atoms with Crippen molar-refractivity contribution in [1.82, 2.24) is 0 Å². The van der Waals surface area contributed by atoms with Gasteiger partial charge in [-0.2, -0.15) is 0 Å². The van der Waals surface area contributed by atoms with Gasteiger partial charge in [-0.25, -0.2) is 9.59 Å². The van der Waals surface area contributed by atoms with Crippen LogP contribution in [0.1, 0.15) is 50.9 Å². The zero-order chi connectivity index (χ0) is 15.9. The van der Waals surface area contributed by atoms with Crippen molar-refractivity contribution >= 4 is 17.7 Å². The molecule has 0 aliphatic carbocycles. The van der Waals surface area contributed by atoms with E-state index in [1.54, 1.807) is 45.0 Å². The molecule has 116 valence electrons. The molecule has 21 heavy (non-hydrogen) atoms. The summed E-state index contributed by atoms with van der Waals surface area (Å²) in [6, 6.07) is 6.59. The van der Waals surface area contributed by atoms with Crippen LogP contribution in [0.25, 0.3) is 0 Å². The summed E-state index contributed by atoms with van der Waals surface area (Å²) in [5.41, 5.74) is 0.328. The number of rotatable bonds is 5. The largest absolute Gasteiger partial charge is 0.462 e. The molecular formula is C16H23NO4. The lowest BCUT2D eigenvalue weighted by Gasteiger charge is -2.19. The number of ether oxygens (including phenoxy) is 2. The van der Waals surface area contributed by atoms with E-state index in [9.17, 15) is 9.59 Å². The molecule has 0 heterocycles. The van der Waals surface area contributed by atoms with Crippen LogP contribution in [0.5, 0.6) is 0 Å². The molecule has 0 radical (unpaired) electrons. The number of carbonyl (C=O) groups is 2. The second-order valence-electron chi connectivity index (χ2n) is 5.70. The molecule has 0 saturated heterocycles. The fourth-order valence-corrected chi connectivity index (χ4v) is 1.54. The average molecular weight is 293 g/mol. The Morgan fingerprint density at radius 3 is 2.57 bits per heavy atom.